The molecule has 1 N–H and O–H groups in total. The van der Waals surface area contributed by atoms with Gasteiger partial charge in [0.25, 0.3) is 0 Å². The van der Waals surface area contributed by atoms with Gasteiger partial charge in [-0.15, -0.1) is 0 Å². The highest BCUT2D eigenvalue weighted by molar-refractivity contribution is 4.96. The molecule has 0 saturated carbocycles. The molecule has 0 aliphatic heterocycles. The molecule has 2 heteroatoms. The van der Waals surface area contributed by atoms with Crippen LogP contribution < -0.4 is 5.32 Å². The zero-order valence-corrected chi connectivity index (χ0v) is 8.52. The predicted octanol–water partition coefficient (Wildman–Crippen LogP) is 1.97. The van der Waals surface area contributed by atoms with Crippen LogP contribution in [0.1, 0.15) is 27.2 Å². The summed E-state index contributed by atoms with van der Waals surface area (Å²) in [4.78, 5) is 0. The van der Waals surface area contributed by atoms with Crippen molar-refractivity contribution in [1.82, 2.24) is 5.32 Å². The van der Waals surface area contributed by atoms with Crippen molar-refractivity contribution in [1.29, 1.82) is 0 Å². The Bertz CT molecular complexity index is 121. The van der Waals surface area contributed by atoms with Crippen LogP contribution in [-0.2, 0) is 4.74 Å². The van der Waals surface area contributed by atoms with Crippen molar-refractivity contribution >= 4 is 0 Å². The molecular weight excluding hydrogens is 150 g/mol. The summed E-state index contributed by atoms with van der Waals surface area (Å²) in [5.41, 5.74) is 1.12. The topological polar surface area (TPSA) is 21.3 Å². The lowest BCUT2D eigenvalue weighted by molar-refractivity contribution is 0.0965. The number of nitrogens with one attached hydrogen (secondary N) is 1. The maximum absolute atomic E-state index is 5.39. The Balaban J connectivity index is 3.22. The molecule has 0 aliphatic carbocycles. The van der Waals surface area contributed by atoms with E-state index >= 15 is 0 Å². The highest BCUT2D eigenvalue weighted by atomic mass is 16.5. The SMILES string of the molecule is C=C(CNCCC)COC(C)C. The summed E-state index contributed by atoms with van der Waals surface area (Å²) in [5, 5.41) is 3.28. The van der Waals surface area contributed by atoms with E-state index in [-0.39, 0.29) is 0 Å². The fourth-order valence-electron chi connectivity index (χ4n) is 0.777. The van der Waals surface area contributed by atoms with Gasteiger partial charge in [0.1, 0.15) is 0 Å². The van der Waals surface area contributed by atoms with E-state index in [2.05, 4.69) is 18.8 Å². The van der Waals surface area contributed by atoms with Crippen LogP contribution in [0.25, 0.3) is 0 Å². The van der Waals surface area contributed by atoms with E-state index in [9.17, 15) is 0 Å². The molecule has 0 rings (SSSR count). The lowest BCUT2D eigenvalue weighted by atomic mass is 10.3. The van der Waals surface area contributed by atoms with Crippen LogP contribution in [0.4, 0.5) is 0 Å². The van der Waals surface area contributed by atoms with Crippen LogP contribution in [0.2, 0.25) is 0 Å². The highest BCUT2D eigenvalue weighted by Crippen LogP contribution is 1.94. The molecule has 12 heavy (non-hydrogen) atoms. The minimum Gasteiger partial charge on any atom is -0.374 e. The third-order valence-electron chi connectivity index (χ3n) is 1.42. The molecule has 0 bridgehead atoms. The quantitative estimate of drug-likeness (QED) is 0.467. The van der Waals surface area contributed by atoms with Gasteiger partial charge in [-0.25, -0.2) is 0 Å². The zero-order valence-electron chi connectivity index (χ0n) is 8.52. The molecule has 0 aromatic carbocycles. The average Bonchev–Trinajstić information content (AvgIpc) is 2.01. The molecule has 0 spiro atoms. The Kier molecular flexibility index (Phi) is 7.11. The molecule has 0 aromatic rings. The molecule has 0 heterocycles. The Hall–Kier alpha value is -0.340. The molecule has 0 unspecified atom stereocenters. The second-order valence-electron chi connectivity index (χ2n) is 3.29. The number of hydrogen-bond acceptors (Lipinski definition) is 2. The first kappa shape index (κ1) is 11.7. The van der Waals surface area contributed by atoms with E-state index in [1.165, 1.54) is 0 Å². The van der Waals surface area contributed by atoms with Crippen LogP contribution in [-0.4, -0.2) is 25.8 Å². The van der Waals surface area contributed by atoms with Crippen LogP contribution >= 0.6 is 0 Å². The van der Waals surface area contributed by atoms with Gasteiger partial charge in [0.15, 0.2) is 0 Å². The predicted molar refractivity (Wildman–Crippen MR) is 53.4 cm³/mol. The van der Waals surface area contributed by atoms with Crippen molar-refractivity contribution < 1.29 is 4.74 Å². The summed E-state index contributed by atoms with van der Waals surface area (Å²) in [5.74, 6) is 0. The molecular formula is C10H21NO. The van der Waals surface area contributed by atoms with Crippen molar-refractivity contribution in [3.05, 3.63) is 12.2 Å². The van der Waals surface area contributed by atoms with E-state index in [1.807, 2.05) is 13.8 Å². The highest BCUT2D eigenvalue weighted by Gasteiger charge is 1.96. The van der Waals surface area contributed by atoms with Crippen LogP contribution in [0.5, 0.6) is 0 Å². The van der Waals surface area contributed by atoms with Crippen molar-refractivity contribution in [2.75, 3.05) is 19.7 Å². The van der Waals surface area contributed by atoms with Gasteiger partial charge in [-0.1, -0.05) is 13.5 Å². The van der Waals surface area contributed by atoms with Crippen LogP contribution in [0.15, 0.2) is 12.2 Å². The largest absolute Gasteiger partial charge is 0.374 e. The van der Waals surface area contributed by atoms with Crippen molar-refractivity contribution in [3.8, 4) is 0 Å². The van der Waals surface area contributed by atoms with Crippen molar-refractivity contribution in [2.24, 2.45) is 0 Å². The fourth-order valence-corrected chi connectivity index (χ4v) is 0.777. The van der Waals surface area contributed by atoms with Gasteiger partial charge in [0.2, 0.25) is 0 Å². The third kappa shape index (κ3) is 7.76. The second-order valence-corrected chi connectivity index (χ2v) is 3.29. The summed E-state index contributed by atoms with van der Waals surface area (Å²) in [6.07, 6.45) is 1.46. The van der Waals surface area contributed by atoms with E-state index < -0.39 is 0 Å². The standard InChI is InChI=1S/C10H21NO/c1-5-6-11-7-10(4)8-12-9(2)3/h9,11H,4-8H2,1-3H3. The lowest BCUT2D eigenvalue weighted by Crippen LogP contribution is -2.20. The van der Waals surface area contributed by atoms with Crippen molar-refractivity contribution in [2.45, 2.75) is 33.3 Å². The fraction of sp³-hybridized carbons (Fsp3) is 0.800. The molecule has 0 aromatic heterocycles. The molecule has 0 saturated heterocycles. The molecule has 72 valence electrons. The number of ether oxygens (including phenoxy) is 1. The molecule has 0 aliphatic rings. The summed E-state index contributed by atoms with van der Waals surface area (Å²) >= 11 is 0. The molecule has 0 radical (unpaired) electrons. The third-order valence-corrected chi connectivity index (χ3v) is 1.42. The van der Waals surface area contributed by atoms with Gasteiger partial charge >= 0.3 is 0 Å². The van der Waals surface area contributed by atoms with E-state index in [4.69, 9.17) is 4.74 Å². The Morgan fingerprint density at radius 2 is 2.17 bits per heavy atom. The first-order chi connectivity index (χ1) is 5.66. The van der Waals surface area contributed by atoms with Gasteiger partial charge in [-0.05, 0) is 32.4 Å². The van der Waals surface area contributed by atoms with Gasteiger partial charge < -0.3 is 10.1 Å². The van der Waals surface area contributed by atoms with Gasteiger partial charge in [-0.3, -0.25) is 0 Å². The normalized spacial score (nSPS) is 10.7. The van der Waals surface area contributed by atoms with Crippen LogP contribution in [0, 0.1) is 0 Å². The number of hydrogen-bond donors (Lipinski definition) is 1. The summed E-state index contributed by atoms with van der Waals surface area (Å²) in [7, 11) is 0. The first-order valence-electron chi connectivity index (χ1n) is 4.65. The molecule has 0 amide bonds. The maximum Gasteiger partial charge on any atom is 0.0689 e. The molecule has 0 fully saturated rings. The summed E-state index contributed by atoms with van der Waals surface area (Å²) in [6.45, 7) is 12.7. The maximum atomic E-state index is 5.39. The van der Waals surface area contributed by atoms with Gasteiger partial charge in [0, 0.05) is 6.54 Å². The summed E-state index contributed by atoms with van der Waals surface area (Å²) < 4.78 is 5.39. The lowest BCUT2D eigenvalue weighted by Gasteiger charge is -2.10. The minimum atomic E-state index is 0.299. The van der Waals surface area contributed by atoms with E-state index in [0.717, 1.165) is 25.1 Å². The molecule has 0 atom stereocenters. The second kappa shape index (κ2) is 7.32. The Morgan fingerprint density at radius 3 is 2.67 bits per heavy atom. The van der Waals surface area contributed by atoms with Gasteiger partial charge in [0.05, 0.1) is 12.7 Å². The van der Waals surface area contributed by atoms with Crippen molar-refractivity contribution in [3.63, 3.8) is 0 Å². The van der Waals surface area contributed by atoms with Crippen LogP contribution in [0.3, 0.4) is 0 Å². The smallest absolute Gasteiger partial charge is 0.0689 e. The van der Waals surface area contributed by atoms with E-state index in [0.29, 0.717) is 12.7 Å². The van der Waals surface area contributed by atoms with E-state index in [1.54, 1.807) is 0 Å². The minimum absolute atomic E-state index is 0.299. The summed E-state index contributed by atoms with van der Waals surface area (Å²) in [6, 6.07) is 0. The first-order valence-corrected chi connectivity index (χ1v) is 4.65. The zero-order chi connectivity index (χ0) is 9.40. The molecule has 2 nitrogen and oxygen atoms in total. The number of rotatable bonds is 7. The average molecular weight is 171 g/mol. The Morgan fingerprint density at radius 1 is 1.50 bits per heavy atom. The monoisotopic (exact) mass is 171 g/mol. The van der Waals surface area contributed by atoms with Gasteiger partial charge in [-0.2, -0.15) is 0 Å². The Labute approximate surface area is 76.0 Å².